The van der Waals surface area contributed by atoms with Crippen LogP contribution < -0.4 is 0 Å². The molecule has 1 spiro atoms. The third kappa shape index (κ3) is 3.31. The summed E-state index contributed by atoms with van der Waals surface area (Å²) in [6.45, 7) is 0.211. The summed E-state index contributed by atoms with van der Waals surface area (Å²) in [5.74, 6) is -0.547. The molecule has 0 aromatic rings. The minimum Gasteiger partial charge on any atom is -0.346 e. The third-order valence-electron chi connectivity index (χ3n) is 3.00. The quantitative estimate of drug-likeness (QED) is 0.542. The predicted molar refractivity (Wildman–Crippen MR) is 75.6 cm³/mol. The van der Waals surface area contributed by atoms with Crippen LogP contribution in [0, 0.1) is 0 Å². The molecule has 0 aromatic carbocycles. The van der Waals surface area contributed by atoms with E-state index in [1.165, 1.54) is 9.80 Å². The van der Waals surface area contributed by atoms with E-state index in [-0.39, 0.29) is 30.4 Å². The fourth-order valence-corrected chi connectivity index (χ4v) is 4.25. The zero-order valence-electron chi connectivity index (χ0n) is 12.3. The van der Waals surface area contributed by atoms with Gasteiger partial charge < -0.3 is 9.80 Å². The number of halogens is 1. The van der Waals surface area contributed by atoms with Crippen LogP contribution in [-0.2, 0) is 27.7 Å². The van der Waals surface area contributed by atoms with Crippen molar-refractivity contribution < 1.29 is 27.7 Å². The van der Waals surface area contributed by atoms with E-state index in [0.717, 1.165) is 0 Å². The van der Waals surface area contributed by atoms with Gasteiger partial charge in [-0.3, -0.25) is 9.59 Å². The summed E-state index contributed by atoms with van der Waals surface area (Å²) in [7, 11) is 3.15. The molecule has 0 bridgehead atoms. The summed E-state index contributed by atoms with van der Waals surface area (Å²) >= 11 is 5.72. The highest BCUT2D eigenvalue weighted by molar-refractivity contribution is 7.57. The monoisotopic (exact) mass is 341 g/mol. The first kappa shape index (κ1) is 16.9. The Morgan fingerprint density at radius 1 is 1.05 bits per heavy atom. The van der Waals surface area contributed by atoms with Crippen molar-refractivity contribution in [1.82, 2.24) is 9.80 Å². The van der Waals surface area contributed by atoms with Gasteiger partial charge in [-0.25, -0.2) is 0 Å². The molecule has 120 valence electrons. The van der Waals surface area contributed by atoms with Gasteiger partial charge in [-0.2, -0.15) is 4.52 Å². The van der Waals surface area contributed by atoms with Gasteiger partial charge in [0.05, 0.1) is 5.88 Å². The third-order valence-corrected chi connectivity index (χ3v) is 5.33. The molecule has 0 N–H and O–H groups in total. The van der Waals surface area contributed by atoms with Crippen molar-refractivity contribution in [3.63, 3.8) is 0 Å². The van der Waals surface area contributed by atoms with E-state index in [1.807, 2.05) is 0 Å². The SMILES string of the molecule is CN(C)C(=O)[C@H]1O[P+]2(OCC(CCl)O2)O[C@@H]1C(=O)N(C)C. The number of alkyl halides is 1. The standard InChI is InChI=1S/C11H19ClN2O6P/c1-13(2)10(15)8-9(11(16)14(3)4)20-21(19-8)17-6-7(5-12)18-21/h7-9H,5-6H2,1-4H3/q+1/t7?,8-,9-/m0/s1. The van der Waals surface area contributed by atoms with Crippen molar-refractivity contribution in [1.29, 1.82) is 0 Å². The van der Waals surface area contributed by atoms with Gasteiger partial charge in [-0.05, 0) is 0 Å². The smallest absolute Gasteiger partial charge is 0.346 e. The Hall–Kier alpha value is -0.500. The van der Waals surface area contributed by atoms with Crippen LogP contribution in [0.25, 0.3) is 0 Å². The largest absolute Gasteiger partial charge is 0.577 e. The molecular formula is C11H19ClN2O6P+. The molecular weight excluding hydrogens is 323 g/mol. The second kappa shape index (κ2) is 6.32. The molecule has 2 amide bonds. The Labute approximate surface area is 128 Å². The maximum absolute atomic E-state index is 12.2. The number of amides is 2. The minimum absolute atomic E-state index is 0.211. The molecule has 0 aliphatic carbocycles. The molecule has 0 aromatic heterocycles. The Kier molecular flexibility index (Phi) is 5.07. The van der Waals surface area contributed by atoms with Gasteiger partial charge >= 0.3 is 8.17 Å². The summed E-state index contributed by atoms with van der Waals surface area (Å²) in [6.07, 6.45) is -2.54. The van der Waals surface area contributed by atoms with E-state index in [0.29, 0.717) is 0 Å². The summed E-state index contributed by atoms with van der Waals surface area (Å²) in [4.78, 5) is 27.1. The van der Waals surface area contributed by atoms with Gasteiger partial charge in [0.1, 0.15) is 6.61 Å². The zero-order valence-corrected chi connectivity index (χ0v) is 14.0. The van der Waals surface area contributed by atoms with E-state index in [2.05, 4.69) is 0 Å². The zero-order chi connectivity index (χ0) is 15.8. The van der Waals surface area contributed by atoms with Crippen LogP contribution >= 0.6 is 19.8 Å². The van der Waals surface area contributed by atoms with Gasteiger partial charge in [-0.15, -0.1) is 25.2 Å². The highest BCUT2D eigenvalue weighted by atomic mass is 35.5. The van der Waals surface area contributed by atoms with Crippen molar-refractivity contribution >= 4 is 31.6 Å². The maximum Gasteiger partial charge on any atom is 0.577 e. The molecule has 2 aliphatic rings. The molecule has 2 rings (SSSR count). The highest BCUT2D eigenvalue weighted by Crippen LogP contribution is 2.72. The molecule has 0 saturated carbocycles. The second-order valence-corrected chi connectivity index (χ2v) is 7.24. The average Bonchev–Trinajstić information content (AvgIpc) is 3.01. The lowest BCUT2D eigenvalue weighted by atomic mass is 10.1. The van der Waals surface area contributed by atoms with Gasteiger partial charge in [0.25, 0.3) is 11.8 Å². The van der Waals surface area contributed by atoms with E-state index in [1.54, 1.807) is 28.2 Å². The molecule has 2 saturated heterocycles. The molecule has 0 radical (unpaired) electrons. The van der Waals surface area contributed by atoms with Crippen molar-refractivity contribution in [3.05, 3.63) is 0 Å². The first-order valence-electron chi connectivity index (χ1n) is 6.36. The van der Waals surface area contributed by atoms with Gasteiger partial charge in [0, 0.05) is 28.2 Å². The van der Waals surface area contributed by atoms with E-state index in [9.17, 15) is 9.59 Å². The Bertz CT molecular complexity index is 407. The van der Waals surface area contributed by atoms with E-state index < -0.39 is 20.4 Å². The Balaban J connectivity index is 2.21. The fourth-order valence-electron chi connectivity index (χ4n) is 1.87. The lowest BCUT2D eigenvalue weighted by Gasteiger charge is -2.18. The first-order chi connectivity index (χ1) is 9.79. The fraction of sp³-hybridized carbons (Fsp3) is 0.818. The number of likely N-dealkylation sites (N-methyl/N-ethyl adjacent to an activating group) is 2. The normalized spacial score (nSPS) is 30.6. The van der Waals surface area contributed by atoms with Crippen LogP contribution in [0.3, 0.4) is 0 Å². The molecule has 2 aliphatic heterocycles. The first-order valence-corrected chi connectivity index (χ1v) is 8.36. The molecule has 3 atom stereocenters. The molecule has 2 heterocycles. The van der Waals surface area contributed by atoms with Crippen molar-refractivity contribution in [2.24, 2.45) is 0 Å². The molecule has 8 nitrogen and oxygen atoms in total. The summed E-state index contributed by atoms with van der Waals surface area (Å²) in [5, 5.41) is 0. The number of rotatable bonds is 3. The molecule has 21 heavy (non-hydrogen) atoms. The van der Waals surface area contributed by atoms with Crippen LogP contribution in [0.4, 0.5) is 0 Å². The van der Waals surface area contributed by atoms with Gasteiger partial charge in [-0.1, -0.05) is 0 Å². The van der Waals surface area contributed by atoms with Gasteiger partial charge in [0.2, 0.25) is 12.2 Å². The van der Waals surface area contributed by atoms with Crippen molar-refractivity contribution in [2.75, 3.05) is 40.7 Å². The minimum atomic E-state index is -3.15. The second-order valence-electron chi connectivity index (χ2n) is 5.14. The number of nitrogens with zero attached hydrogens (tertiary/aromatic N) is 2. The highest BCUT2D eigenvalue weighted by Gasteiger charge is 2.70. The topological polar surface area (TPSA) is 77.5 Å². The van der Waals surface area contributed by atoms with Crippen LogP contribution in [0.5, 0.6) is 0 Å². The number of carbonyl (C=O) groups excluding carboxylic acids is 2. The maximum atomic E-state index is 12.2. The summed E-state index contributed by atoms with van der Waals surface area (Å²) in [6, 6.07) is 0. The predicted octanol–water partition coefficient (Wildman–Crippen LogP) is 0.279. The molecule has 2 fully saturated rings. The van der Waals surface area contributed by atoms with E-state index in [4.69, 9.17) is 29.7 Å². The van der Waals surface area contributed by atoms with Crippen LogP contribution in [0.2, 0.25) is 0 Å². The summed E-state index contributed by atoms with van der Waals surface area (Å²) in [5.41, 5.74) is 0. The number of carbonyl (C=O) groups is 2. The Morgan fingerprint density at radius 3 is 1.86 bits per heavy atom. The van der Waals surface area contributed by atoms with Crippen molar-refractivity contribution in [3.8, 4) is 0 Å². The Morgan fingerprint density at radius 2 is 1.52 bits per heavy atom. The average molecular weight is 342 g/mol. The number of hydrogen-bond donors (Lipinski definition) is 0. The van der Waals surface area contributed by atoms with Crippen LogP contribution in [0.15, 0.2) is 0 Å². The van der Waals surface area contributed by atoms with E-state index >= 15 is 0 Å². The molecule has 10 heteroatoms. The van der Waals surface area contributed by atoms with Gasteiger partial charge in [0.15, 0.2) is 6.10 Å². The lowest BCUT2D eigenvalue weighted by Crippen LogP contribution is -2.47. The lowest BCUT2D eigenvalue weighted by molar-refractivity contribution is -0.146. The number of hydrogen-bond acceptors (Lipinski definition) is 6. The molecule has 1 unspecified atom stereocenters. The van der Waals surface area contributed by atoms with Crippen molar-refractivity contribution in [2.45, 2.75) is 18.3 Å². The van der Waals surface area contributed by atoms with Crippen LogP contribution in [-0.4, -0.2) is 80.6 Å². The van der Waals surface area contributed by atoms with Crippen LogP contribution in [0.1, 0.15) is 0 Å². The summed E-state index contributed by atoms with van der Waals surface area (Å²) < 4.78 is 22.2.